The highest BCUT2D eigenvalue weighted by Crippen LogP contribution is 2.06. The lowest BCUT2D eigenvalue weighted by molar-refractivity contribution is -0.137. The van der Waals surface area contributed by atoms with Crippen molar-refractivity contribution in [1.29, 1.82) is 0 Å². The Kier molecular flexibility index (Phi) is 3.79. The molecule has 1 heterocycles. The summed E-state index contributed by atoms with van der Waals surface area (Å²) in [6, 6.07) is 0.934. The van der Waals surface area contributed by atoms with Gasteiger partial charge in [-0.25, -0.2) is 14.8 Å². The molecule has 0 bridgehead atoms. The molecule has 0 fully saturated rings. The Bertz CT molecular complexity index is 365. The van der Waals surface area contributed by atoms with Crippen LogP contribution in [0.2, 0.25) is 0 Å². The number of aliphatic carboxylic acids is 1. The number of carboxylic acid groups (broad SMARTS) is 1. The third-order valence-electron chi connectivity index (χ3n) is 1.80. The molecule has 1 aromatic rings. The predicted octanol–water partition coefficient (Wildman–Crippen LogP) is 1.23. The van der Waals surface area contributed by atoms with E-state index >= 15 is 0 Å². The summed E-state index contributed by atoms with van der Waals surface area (Å²) in [5.74, 6) is 0.186. The standard InChI is InChI=1S/C10H13N3O2/c1-3-4-8(10(14)15)13-9-5-6-11-7(2)12-9/h3,5-6,8H,1,4H2,2H3,(H,14,15)(H,11,12,13). The number of nitrogens with one attached hydrogen (secondary N) is 1. The van der Waals surface area contributed by atoms with E-state index in [4.69, 9.17) is 5.11 Å². The number of carbonyl (C=O) groups is 1. The maximum atomic E-state index is 10.8. The fourth-order valence-electron chi connectivity index (χ4n) is 1.10. The van der Waals surface area contributed by atoms with Crippen LogP contribution >= 0.6 is 0 Å². The van der Waals surface area contributed by atoms with Crippen molar-refractivity contribution in [2.75, 3.05) is 5.32 Å². The van der Waals surface area contributed by atoms with Crippen molar-refractivity contribution in [1.82, 2.24) is 9.97 Å². The highest BCUT2D eigenvalue weighted by Gasteiger charge is 2.15. The molecular formula is C10H13N3O2. The molecule has 2 N–H and O–H groups in total. The second-order valence-corrected chi connectivity index (χ2v) is 3.05. The largest absolute Gasteiger partial charge is 0.480 e. The highest BCUT2D eigenvalue weighted by atomic mass is 16.4. The minimum Gasteiger partial charge on any atom is -0.480 e. The second-order valence-electron chi connectivity index (χ2n) is 3.05. The van der Waals surface area contributed by atoms with E-state index in [1.54, 1.807) is 25.3 Å². The Morgan fingerprint density at radius 1 is 1.80 bits per heavy atom. The third kappa shape index (κ3) is 3.38. The fourth-order valence-corrected chi connectivity index (χ4v) is 1.10. The van der Waals surface area contributed by atoms with Crippen LogP contribution in [-0.2, 0) is 4.79 Å². The topological polar surface area (TPSA) is 75.1 Å². The molecule has 0 aromatic carbocycles. The lowest BCUT2D eigenvalue weighted by atomic mass is 10.2. The Morgan fingerprint density at radius 3 is 3.07 bits per heavy atom. The average Bonchev–Trinajstić information content (AvgIpc) is 2.17. The van der Waals surface area contributed by atoms with Gasteiger partial charge in [-0.2, -0.15) is 0 Å². The summed E-state index contributed by atoms with van der Waals surface area (Å²) in [5, 5.41) is 11.7. The van der Waals surface area contributed by atoms with Crippen molar-refractivity contribution < 1.29 is 9.90 Å². The first-order valence-corrected chi connectivity index (χ1v) is 4.53. The number of aryl methyl sites for hydroxylation is 1. The van der Waals surface area contributed by atoms with Gasteiger partial charge >= 0.3 is 5.97 Å². The Labute approximate surface area is 87.9 Å². The minimum absolute atomic E-state index is 0.346. The molecule has 1 atom stereocenters. The van der Waals surface area contributed by atoms with E-state index in [9.17, 15) is 4.79 Å². The molecule has 1 unspecified atom stereocenters. The van der Waals surface area contributed by atoms with Gasteiger partial charge < -0.3 is 10.4 Å². The van der Waals surface area contributed by atoms with Gasteiger partial charge in [-0.15, -0.1) is 6.58 Å². The van der Waals surface area contributed by atoms with Crippen LogP contribution in [0.1, 0.15) is 12.2 Å². The van der Waals surface area contributed by atoms with Crippen molar-refractivity contribution in [3.8, 4) is 0 Å². The van der Waals surface area contributed by atoms with Crippen LogP contribution in [0, 0.1) is 6.92 Å². The van der Waals surface area contributed by atoms with E-state index in [1.807, 2.05) is 0 Å². The van der Waals surface area contributed by atoms with Crippen LogP contribution in [-0.4, -0.2) is 27.1 Å². The monoisotopic (exact) mass is 207 g/mol. The number of hydrogen-bond donors (Lipinski definition) is 2. The van der Waals surface area contributed by atoms with Gasteiger partial charge in [-0.3, -0.25) is 0 Å². The summed E-state index contributed by atoms with van der Waals surface area (Å²) in [6.07, 6.45) is 3.48. The minimum atomic E-state index is -0.925. The molecule has 15 heavy (non-hydrogen) atoms. The summed E-state index contributed by atoms with van der Waals surface area (Å²) < 4.78 is 0. The van der Waals surface area contributed by atoms with Crippen LogP contribution in [0.5, 0.6) is 0 Å². The molecule has 0 aliphatic carbocycles. The normalized spacial score (nSPS) is 11.8. The number of aromatic nitrogens is 2. The Morgan fingerprint density at radius 2 is 2.53 bits per heavy atom. The first kappa shape index (κ1) is 11.2. The molecule has 0 amide bonds. The van der Waals surface area contributed by atoms with E-state index in [0.29, 0.717) is 18.1 Å². The molecule has 0 spiro atoms. The van der Waals surface area contributed by atoms with E-state index in [2.05, 4.69) is 21.9 Å². The van der Waals surface area contributed by atoms with Crippen LogP contribution in [0.3, 0.4) is 0 Å². The zero-order valence-corrected chi connectivity index (χ0v) is 8.47. The van der Waals surface area contributed by atoms with Crippen molar-refractivity contribution in [3.05, 3.63) is 30.7 Å². The molecule has 80 valence electrons. The molecule has 5 nitrogen and oxygen atoms in total. The van der Waals surface area contributed by atoms with Crippen LogP contribution in [0.15, 0.2) is 24.9 Å². The molecule has 0 aliphatic heterocycles. The van der Waals surface area contributed by atoms with Crippen LogP contribution < -0.4 is 5.32 Å². The highest BCUT2D eigenvalue weighted by molar-refractivity contribution is 5.77. The average molecular weight is 207 g/mol. The van der Waals surface area contributed by atoms with Crippen LogP contribution in [0.25, 0.3) is 0 Å². The van der Waals surface area contributed by atoms with Gasteiger partial charge in [0.25, 0.3) is 0 Å². The number of hydrogen-bond acceptors (Lipinski definition) is 4. The maximum absolute atomic E-state index is 10.8. The van der Waals surface area contributed by atoms with Gasteiger partial charge in [0.05, 0.1) is 0 Å². The molecule has 1 rings (SSSR count). The summed E-state index contributed by atoms with van der Waals surface area (Å²) in [6.45, 7) is 5.25. The van der Waals surface area contributed by atoms with E-state index < -0.39 is 12.0 Å². The lowest BCUT2D eigenvalue weighted by Gasteiger charge is -2.12. The lowest BCUT2D eigenvalue weighted by Crippen LogP contribution is -2.29. The summed E-state index contributed by atoms with van der Waals surface area (Å²) in [4.78, 5) is 18.8. The zero-order chi connectivity index (χ0) is 11.3. The number of carboxylic acids is 1. The van der Waals surface area contributed by atoms with Crippen molar-refractivity contribution in [3.63, 3.8) is 0 Å². The molecule has 5 heteroatoms. The maximum Gasteiger partial charge on any atom is 0.326 e. The Balaban J connectivity index is 2.73. The van der Waals surface area contributed by atoms with Crippen molar-refractivity contribution in [2.45, 2.75) is 19.4 Å². The van der Waals surface area contributed by atoms with Gasteiger partial charge in [-0.1, -0.05) is 6.08 Å². The van der Waals surface area contributed by atoms with Gasteiger partial charge in [0, 0.05) is 6.20 Å². The number of nitrogens with zero attached hydrogens (tertiary/aromatic N) is 2. The van der Waals surface area contributed by atoms with E-state index in [1.165, 1.54) is 0 Å². The zero-order valence-electron chi connectivity index (χ0n) is 8.47. The molecule has 0 saturated heterocycles. The van der Waals surface area contributed by atoms with E-state index in [0.717, 1.165) is 0 Å². The predicted molar refractivity (Wildman–Crippen MR) is 56.6 cm³/mol. The first-order chi connectivity index (χ1) is 7.13. The second kappa shape index (κ2) is 5.09. The number of anilines is 1. The molecule has 0 radical (unpaired) electrons. The smallest absolute Gasteiger partial charge is 0.326 e. The molecule has 1 aromatic heterocycles. The quantitative estimate of drug-likeness (QED) is 0.710. The molecular weight excluding hydrogens is 194 g/mol. The SMILES string of the molecule is C=CCC(Nc1ccnc(C)n1)C(=O)O. The fraction of sp³-hybridized carbons (Fsp3) is 0.300. The van der Waals surface area contributed by atoms with Crippen LogP contribution in [0.4, 0.5) is 5.82 Å². The Hall–Kier alpha value is -1.91. The molecule has 0 aliphatic rings. The summed E-state index contributed by atoms with van der Waals surface area (Å²) in [5.41, 5.74) is 0. The van der Waals surface area contributed by atoms with Crippen molar-refractivity contribution in [2.24, 2.45) is 0 Å². The first-order valence-electron chi connectivity index (χ1n) is 4.53. The third-order valence-corrected chi connectivity index (χ3v) is 1.80. The van der Waals surface area contributed by atoms with Gasteiger partial charge in [-0.05, 0) is 19.4 Å². The summed E-state index contributed by atoms with van der Waals surface area (Å²) >= 11 is 0. The van der Waals surface area contributed by atoms with E-state index in [-0.39, 0.29) is 0 Å². The van der Waals surface area contributed by atoms with Crippen molar-refractivity contribution >= 4 is 11.8 Å². The van der Waals surface area contributed by atoms with Gasteiger partial charge in [0.15, 0.2) is 0 Å². The van der Waals surface area contributed by atoms with Gasteiger partial charge in [0.1, 0.15) is 17.7 Å². The van der Waals surface area contributed by atoms with Gasteiger partial charge in [0.2, 0.25) is 0 Å². The number of rotatable bonds is 5. The molecule has 0 saturated carbocycles. The summed E-state index contributed by atoms with van der Waals surface area (Å²) in [7, 11) is 0.